The van der Waals surface area contributed by atoms with Gasteiger partial charge in [-0.2, -0.15) is 0 Å². The quantitative estimate of drug-likeness (QED) is 0.841. The second-order valence-electron chi connectivity index (χ2n) is 4.56. The van der Waals surface area contributed by atoms with Gasteiger partial charge < -0.3 is 9.72 Å². The van der Waals surface area contributed by atoms with Crippen LogP contribution in [0.25, 0.3) is 0 Å². The fourth-order valence-electron chi connectivity index (χ4n) is 1.53. The number of aromatic amines is 1. The first-order valence-electron chi connectivity index (χ1n) is 5.71. The summed E-state index contributed by atoms with van der Waals surface area (Å²) in [6.07, 6.45) is 0.834. The zero-order chi connectivity index (χ0) is 13.2. The smallest absolute Gasteiger partial charge is 0.144 e. The second kappa shape index (κ2) is 5.59. The number of aromatic nitrogens is 2. The van der Waals surface area contributed by atoms with Crippen molar-refractivity contribution in [3.63, 3.8) is 0 Å². The van der Waals surface area contributed by atoms with Gasteiger partial charge in [-0.15, -0.1) is 0 Å². The van der Waals surface area contributed by atoms with Crippen LogP contribution in [0.1, 0.15) is 51.6 Å². The molecule has 0 spiro atoms. The molecule has 96 valence electrons. The summed E-state index contributed by atoms with van der Waals surface area (Å²) in [7, 11) is 1.69. The van der Waals surface area contributed by atoms with Crippen LogP contribution in [0.5, 0.6) is 0 Å². The number of H-pyrrole nitrogens is 1. The van der Waals surface area contributed by atoms with Gasteiger partial charge in [-0.05, 0) is 35.2 Å². The Balaban J connectivity index is 3.43. The molecule has 0 aromatic carbocycles. The number of hydrogen-bond acceptors (Lipinski definition) is 3. The van der Waals surface area contributed by atoms with Crippen LogP contribution in [-0.4, -0.2) is 17.1 Å². The zero-order valence-corrected chi connectivity index (χ0v) is 13.3. The summed E-state index contributed by atoms with van der Waals surface area (Å²) in [5.41, 5.74) is 0.648. The fourth-order valence-corrected chi connectivity index (χ4v) is 2.38. The Morgan fingerprint density at radius 1 is 1.53 bits per heavy atom. The third-order valence-corrected chi connectivity index (χ3v) is 4.45. The molecule has 0 aliphatic heterocycles. The highest BCUT2D eigenvalue weighted by atomic mass is 79.9. The molecule has 1 aromatic rings. The topological polar surface area (TPSA) is 37.9 Å². The lowest BCUT2D eigenvalue weighted by Crippen LogP contribution is -2.27. The summed E-state index contributed by atoms with van der Waals surface area (Å²) in [5, 5.41) is 0. The fraction of sp³-hybridized carbons (Fsp3) is 0.667. The number of methoxy groups -OCH3 is 1. The predicted molar refractivity (Wildman–Crippen MR) is 75.9 cm³/mol. The molecule has 1 atom stereocenters. The maximum Gasteiger partial charge on any atom is 0.144 e. The van der Waals surface area contributed by atoms with Gasteiger partial charge in [-0.3, -0.25) is 0 Å². The molecule has 0 aliphatic carbocycles. The lowest BCUT2D eigenvalue weighted by molar-refractivity contribution is -0.00931. The van der Waals surface area contributed by atoms with Crippen molar-refractivity contribution in [2.45, 2.75) is 45.6 Å². The summed E-state index contributed by atoms with van der Waals surface area (Å²) < 4.78 is 7.01. The zero-order valence-electron chi connectivity index (χ0n) is 10.9. The molecule has 1 N–H and O–H groups in total. The van der Waals surface area contributed by atoms with E-state index in [1.165, 1.54) is 0 Å². The van der Waals surface area contributed by atoms with E-state index in [0.29, 0.717) is 10.6 Å². The van der Waals surface area contributed by atoms with Crippen LogP contribution in [0.15, 0.2) is 4.47 Å². The van der Waals surface area contributed by atoms with E-state index in [4.69, 9.17) is 17.0 Å². The number of halogens is 1. The second-order valence-corrected chi connectivity index (χ2v) is 5.74. The Labute approximate surface area is 116 Å². The molecule has 0 aliphatic rings. The monoisotopic (exact) mass is 318 g/mol. The normalized spacial score (nSPS) is 15.0. The predicted octanol–water partition coefficient (Wildman–Crippen LogP) is 4.30. The van der Waals surface area contributed by atoms with Gasteiger partial charge >= 0.3 is 0 Å². The van der Waals surface area contributed by atoms with E-state index in [9.17, 15) is 0 Å². The standard InChI is InChI=1S/C12H19BrN2OS/c1-6-12(4,16-5)11-14-9(7(2)3)8(13)10(17)15-11/h7H,6H2,1-5H3,(H,14,15,17). The van der Waals surface area contributed by atoms with Gasteiger partial charge in [0.15, 0.2) is 0 Å². The molecular formula is C12H19BrN2OS. The molecular weight excluding hydrogens is 300 g/mol. The molecule has 0 fully saturated rings. The number of rotatable bonds is 4. The van der Waals surface area contributed by atoms with Crippen LogP contribution in [0, 0.1) is 4.64 Å². The average Bonchev–Trinajstić information content (AvgIpc) is 2.30. The van der Waals surface area contributed by atoms with E-state index >= 15 is 0 Å². The lowest BCUT2D eigenvalue weighted by Gasteiger charge is -2.26. The molecule has 1 aromatic heterocycles. The van der Waals surface area contributed by atoms with E-state index in [2.05, 4.69) is 46.7 Å². The van der Waals surface area contributed by atoms with Gasteiger partial charge in [0, 0.05) is 12.8 Å². The van der Waals surface area contributed by atoms with Crippen molar-refractivity contribution >= 4 is 28.1 Å². The summed E-state index contributed by atoms with van der Waals surface area (Å²) in [6.45, 7) is 8.31. The first-order valence-corrected chi connectivity index (χ1v) is 6.91. The highest BCUT2D eigenvalue weighted by Crippen LogP contribution is 2.29. The van der Waals surface area contributed by atoms with Crippen LogP contribution in [-0.2, 0) is 10.3 Å². The Morgan fingerprint density at radius 2 is 2.12 bits per heavy atom. The van der Waals surface area contributed by atoms with Gasteiger partial charge in [-0.1, -0.05) is 33.0 Å². The molecule has 5 heteroatoms. The molecule has 0 saturated carbocycles. The molecule has 1 heterocycles. The number of nitrogens with one attached hydrogen (secondary N) is 1. The van der Waals surface area contributed by atoms with Crippen molar-refractivity contribution < 1.29 is 4.74 Å². The van der Waals surface area contributed by atoms with Gasteiger partial charge in [0.25, 0.3) is 0 Å². The van der Waals surface area contributed by atoms with Gasteiger partial charge in [0.2, 0.25) is 0 Å². The van der Waals surface area contributed by atoms with Crippen molar-refractivity contribution in [3.8, 4) is 0 Å². The molecule has 1 rings (SSSR count). The molecule has 17 heavy (non-hydrogen) atoms. The van der Waals surface area contributed by atoms with Crippen LogP contribution < -0.4 is 0 Å². The molecule has 0 bridgehead atoms. The van der Waals surface area contributed by atoms with Crippen molar-refractivity contribution in [2.75, 3.05) is 7.11 Å². The minimum absolute atomic E-state index is 0.353. The summed E-state index contributed by atoms with van der Waals surface area (Å²) in [4.78, 5) is 7.76. The van der Waals surface area contributed by atoms with Crippen molar-refractivity contribution in [3.05, 3.63) is 20.6 Å². The van der Waals surface area contributed by atoms with Crippen LogP contribution >= 0.6 is 28.1 Å². The van der Waals surface area contributed by atoms with Gasteiger partial charge in [0.1, 0.15) is 16.1 Å². The first-order chi connectivity index (χ1) is 7.85. The summed E-state index contributed by atoms with van der Waals surface area (Å²) >= 11 is 8.77. The maximum atomic E-state index is 5.55. The van der Waals surface area contributed by atoms with Crippen LogP contribution in [0.3, 0.4) is 0 Å². The summed E-state index contributed by atoms with van der Waals surface area (Å²) in [6, 6.07) is 0. The van der Waals surface area contributed by atoms with Gasteiger partial charge in [0.05, 0.1) is 4.47 Å². The highest BCUT2D eigenvalue weighted by molar-refractivity contribution is 9.10. The SMILES string of the molecule is CCC(C)(OC)c1nc(=S)c(Br)c(C(C)C)[nH]1. The Hall–Kier alpha value is -0.260. The Bertz CT molecular complexity index is 452. The minimum Gasteiger partial charge on any atom is -0.371 e. The third kappa shape index (κ3) is 2.95. The Kier molecular flexibility index (Phi) is 4.86. The van der Waals surface area contributed by atoms with Crippen molar-refractivity contribution in [2.24, 2.45) is 0 Å². The number of ether oxygens (including phenoxy) is 1. The molecule has 0 amide bonds. The van der Waals surface area contributed by atoms with Crippen molar-refractivity contribution in [1.82, 2.24) is 9.97 Å². The lowest BCUT2D eigenvalue weighted by atomic mass is 10.0. The van der Waals surface area contributed by atoms with Crippen molar-refractivity contribution in [1.29, 1.82) is 0 Å². The number of nitrogens with zero attached hydrogens (tertiary/aromatic N) is 1. The van der Waals surface area contributed by atoms with E-state index < -0.39 is 5.60 Å². The van der Waals surface area contributed by atoms with Crippen LogP contribution in [0.4, 0.5) is 0 Å². The average molecular weight is 319 g/mol. The summed E-state index contributed by atoms with van der Waals surface area (Å²) in [5.74, 6) is 1.14. The largest absolute Gasteiger partial charge is 0.371 e. The highest BCUT2D eigenvalue weighted by Gasteiger charge is 2.27. The molecule has 0 saturated heterocycles. The molecule has 1 unspecified atom stereocenters. The first kappa shape index (κ1) is 14.8. The van der Waals surface area contributed by atoms with E-state index in [1.807, 2.05) is 6.92 Å². The van der Waals surface area contributed by atoms with E-state index in [-0.39, 0.29) is 0 Å². The van der Waals surface area contributed by atoms with E-state index in [1.54, 1.807) is 7.11 Å². The molecule has 3 nitrogen and oxygen atoms in total. The maximum absolute atomic E-state index is 5.55. The molecule has 0 radical (unpaired) electrons. The number of hydrogen-bond donors (Lipinski definition) is 1. The Morgan fingerprint density at radius 3 is 2.53 bits per heavy atom. The van der Waals surface area contributed by atoms with E-state index in [0.717, 1.165) is 22.4 Å². The van der Waals surface area contributed by atoms with Crippen LogP contribution in [0.2, 0.25) is 0 Å². The third-order valence-electron chi connectivity index (χ3n) is 3.09. The minimum atomic E-state index is -0.419. The van der Waals surface area contributed by atoms with Gasteiger partial charge in [-0.25, -0.2) is 4.98 Å².